The van der Waals surface area contributed by atoms with E-state index in [0.717, 1.165) is 30.7 Å². The Balaban J connectivity index is 2.10. The molecule has 0 saturated heterocycles. The first-order chi connectivity index (χ1) is 11.1. The molecule has 2 heteroatoms. The number of aliphatic imine (C=N–C) groups is 1. The van der Waals surface area contributed by atoms with Gasteiger partial charge in [0.1, 0.15) is 0 Å². The maximum atomic E-state index is 4.78. The van der Waals surface area contributed by atoms with E-state index in [1.165, 1.54) is 33.4 Å². The van der Waals surface area contributed by atoms with Gasteiger partial charge in [0.05, 0.1) is 5.71 Å². The van der Waals surface area contributed by atoms with Crippen molar-refractivity contribution in [3.63, 3.8) is 0 Å². The SMILES string of the molecule is Cc1cc(C)c(C=C2CCCN=C2c2cccnc2)c(C)c1C. The van der Waals surface area contributed by atoms with E-state index in [4.69, 9.17) is 4.99 Å². The summed E-state index contributed by atoms with van der Waals surface area (Å²) in [5.74, 6) is 0. The van der Waals surface area contributed by atoms with E-state index in [9.17, 15) is 0 Å². The second-order valence-corrected chi connectivity index (χ2v) is 6.42. The van der Waals surface area contributed by atoms with Crippen LogP contribution in [0.4, 0.5) is 0 Å². The van der Waals surface area contributed by atoms with Crippen molar-refractivity contribution in [1.29, 1.82) is 0 Å². The molecule has 1 aliphatic heterocycles. The van der Waals surface area contributed by atoms with Crippen molar-refractivity contribution >= 4 is 11.8 Å². The van der Waals surface area contributed by atoms with Gasteiger partial charge in [-0.1, -0.05) is 6.07 Å². The first kappa shape index (κ1) is 15.7. The molecule has 0 N–H and O–H groups in total. The minimum atomic E-state index is 0.909. The molecule has 0 fully saturated rings. The van der Waals surface area contributed by atoms with Crippen LogP contribution in [0.25, 0.3) is 6.08 Å². The lowest BCUT2D eigenvalue weighted by Gasteiger charge is -2.18. The minimum Gasteiger partial charge on any atom is -0.284 e. The van der Waals surface area contributed by atoms with Crippen LogP contribution < -0.4 is 0 Å². The molecule has 0 bridgehead atoms. The first-order valence-corrected chi connectivity index (χ1v) is 8.31. The van der Waals surface area contributed by atoms with Crippen LogP contribution in [0.15, 0.2) is 41.2 Å². The molecule has 0 amide bonds. The highest BCUT2D eigenvalue weighted by Crippen LogP contribution is 2.27. The molecule has 3 rings (SSSR count). The van der Waals surface area contributed by atoms with Gasteiger partial charge in [-0.3, -0.25) is 9.98 Å². The quantitative estimate of drug-likeness (QED) is 0.768. The summed E-state index contributed by atoms with van der Waals surface area (Å²) in [5.41, 5.74) is 10.4. The number of pyridine rings is 1. The first-order valence-electron chi connectivity index (χ1n) is 8.31. The minimum absolute atomic E-state index is 0.909. The number of allylic oxidation sites excluding steroid dienone is 1. The van der Waals surface area contributed by atoms with Gasteiger partial charge in [0, 0.05) is 24.5 Å². The Hall–Kier alpha value is -2.22. The molecule has 0 unspecified atom stereocenters. The van der Waals surface area contributed by atoms with Crippen LogP contribution in [0.5, 0.6) is 0 Å². The smallest absolute Gasteiger partial charge is 0.0694 e. The molecular weight excluding hydrogens is 280 g/mol. The molecule has 0 saturated carbocycles. The summed E-state index contributed by atoms with van der Waals surface area (Å²) in [5, 5.41) is 0. The maximum Gasteiger partial charge on any atom is 0.0694 e. The fourth-order valence-electron chi connectivity index (χ4n) is 3.30. The summed E-state index contributed by atoms with van der Waals surface area (Å²) >= 11 is 0. The topological polar surface area (TPSA) is 25.2 Å². The lowest BCUT2D eigenvalue weighted by atomic mass is 9.89. The number of hydrogen-bond donors (Lipinski definition) is 0. The lowest BCUT2D eigenvalue weighted by Crippen LogP contribution is -2.12. The Kier molecular flexibility index (Phi) is 4.42. The Labute approximate surface area is 139 Å². The van der Waals surface area contributed by atoms with Crippen LogP contribution in [-0.4, -0.2) is 17.2 Å². The van der Waals surface area contributed by atoms with Gasteiger partial charge in [0.2, 0.25) is 0 Å². The van der Waals surface area contributed by atoms with E-state index in [1.807, 2.05) is 18.5 Å². The molecule has 2 aromatic rings. The third-order valence-electron chi connectivity index (χ3n) is 4.85. The van der Waals surface area contributed by atoms with E-state index < -0.39 is 0 Å². The zero-order valence-corrected chi connectivity index (χ0v) is 14.5. The summed E-state index contributed by atoms with van der Waals surface area (Å²) in [7, 11) is 0. The maximum absolute atomic E-state index is 4.78. The van der Waals surface area contributed by atoms with Gasteiger partial charge in [-0.2, -0.15) is 0 Å². The fraction of sp³-hybridized carbons (Fsp3) is 0.333. The van der Waals surface area contributed by atoms with Crippen LogP contribution in [0.1, 0.15) is 46.2 Å². The van der Waals surface area contributed by atoms with E-state index in [1.54, 1.807) is 0 Å². The van der Waals surface area contributed by atoms with Gasteiger partial charge in [-0.05, 0) is 92.1 Å². The number of aryl methyl sites for hydroxylation is 2. The lowest BCUT2D eigenvalue weighted by molar-refractivity contribution is 0.818. The molecular formula is C21H24N2. The highest BCUT2D eigenvalue weighted by molar-refractivity contribution is 6.15. The van der Waals surface area contributed by atoms with Crippen molar-refractivity contribution in [3.05, 3.63) is 69.5 Å². The summed E-state index contributed by atoms with van der Waals surface area (Å²) in [6.07, 6.45) is 8.28. The third kappa shape index (κ3) is 3.12. The fourth-order valence-corrected chi connectivity index (χ4v) is 3.30. The predicted octanol–water partition coefficient (Wildman–Crippen LogP) is 4.98. The Morgan fingerprint density at radius 3 is 2.61 bits per heavy atom. The second kappa shape index (κ2) is 6.49. The van der Waals surface area contributed by atoms with Crippen LogP contribution in [0.3, 0.4) is 0 Å². The van der Waals surface area contributed by atoms with E-state index in [0.29, 0.717) is 0 Å². The third-order valence-corrected chi connectivity index (χ3v) is 4.85. The normalized spacial score (nSPS) is 16.5. The van der Waals surface area contributed by atoms with Crippen molar-refractivity contribution < 1.29 is 0 Å². The molecule has 2 nitrogen and oxygen atoms in total. The van der Waals surface area contributed by atoms with E-state index in [-0.39, 0.29) is 0 Å². The molecule has 1 aliphatic rings. The Bertz CT molecular complexity index is 783. The molecule has 0 aliphatic carbocycles. The van der Waals surface area contributed by atoms with Gasteiger partial charge in [0.25, 0.3) is 0 Å². The molecule has 0 spiro atoms. The molecule has 118 valence electrons. The number of nitrogens with zero attached hydrogens (tertiary/aromatic N) is 2. The number of aromatic nitrogens is 1. The number of rotatable bonds is 2. The van der Waals surface area contributed by atoms with Gasteiger partial charge >= 0.3 is 0 Å². The van der Waals surface area contributed by atoms with Crippen LogP contribution in [-0.2, 0) is 0 Å². The zero-order valence-electron chi connectivity index (χ0n) is 14.5. The molecule has 0 atom stereocenters. The second-order valence-electron chi connectivity index (χ2n) is 6.42. The standard InChI is InChI=1S/C21H24N2/c1-14-11-15(2)20(17(4)16(14)3)12-18-7-6-10-23-21(18)19-8-5-9-22-13-19/h5,8-9,11-13H,6-7,10H2,1-4H3. The van der Waals surface area contributed by atoms with Crippen molar-refractivity contribution in [2.75, 3.05) is 6.54 Å². The highest BCUT2D eigenvalue weighted by Gasteiger charge is 2.16. The molecule has 2 heterocycles. The van der Waals surface area contributed by atoms with Gasteiger partial charge in [0.15, 0.2) is 0 Å². The van der Waals surface area contributed by atoms with Crippen molar-refractivity contribution in [3.8, 4) is 0 Å². The van der Waals surface area contributed by atoms with Crippen LogP contribution in [0, 0.1) is 27.7 Å². The van der Waals surface area contributed by atoms with Crippen molar-refractivity contribution in [2.45, 2.75) is 40.5 Å². The van der Waals surface area contributed by atoms with E-state index in [2.05, 4.69) is 50.9 Å². The number of benzene rings is 1. The molecule has 0 radical (unpaired) electrons. The number of hydrogen-bond acceptors (Lipinski definition) is 2. The van der Waals surface area contributed by atoms with Crippen LogP contribution in [0.2, 0.25) is 0 Å². The zero-order chi connectivity index (χ0) is 16.4. The van der Waals surface area contributed by atoms with Gasteiger partial charge in [-0.15, -0.1) is 0 Å². The summed E-state index contributed by atoms with van der Waals surface area (Å²) in [6, 6.07) is 6.38. The Morgan fingerprint density at radius 1 is 1.04 bits per heavy atom. The predicted molar refractivity (Wildman–Crippen MR) is 98.2 cm³/mol. The summed E-state index contributed by atoms with van der Waals surface area (Å²) in [4.78, 5) is 9.04. The van der Waals surface area contributed by atoms with Crippen molar-refractivity contribution in [1.82, 2.24) is 4.98 Å². The average Bonchev–Trinajstić information content (AvgIpc) is 2.58. The molecule has 1 aromatic heterocycles. The van der Waals surface area contributed by atoms with Gasteiger partial charge in [-0.25, -0.2) is 0 Å². The summed E-state index contributed by atoms with van der Waals surface area (Å²) < 4.78 is 0. The molecule has 1 aromatic carbocycles. The largest absolute Gasteiger partial charge is 0.284 e. The van der Waals surface area contributed by atoms with Crippen LogP contribution >= 0.6 is 0 Å². The highest BCUT2D eigenvalue weighted by atomic mass is 14.8. The Morgan fingerprint density at radius 2 is 1.87 bits per heavy atom. The van der Waals surface area contributed by atoms with Gasteiger partial charge < -0.3 is 0 Å². The average molecular weight is 304 g/mol. The monoisotopic (exact) mass is 304 g/mol. The van der Waals surface area contributed by atoms with E-state index >= 15 is 0 Å². The summed E-state index contributed by atoms with van der Waals surface area (Å²) in [6.45, 7) is 9.74. The van der Waals surface area contributed by atoms with Crippen molar-refractivity contribution in [2.24, 2.45) is 4.99 Å². The molecule has 23 heavy (non-hydrogen) atoms.